The number of hydrogen-bond donors (Lipinski definition) is 0. The minimum atomic E-state index is -0.477. The second-order valence-electron chi connectivity index (χ2n) is 8.48. The second-order valence-corrected chi connectivity index (χ2v) is 16.8. The highest BCUT2D eigenvalue weighted by molar-refractivity contribution is 8.77. The smallest absolute Gasteiger partial charge is 0.136 e. The van der Waals surface area contributed by atoms with E-state index in [1.807, 2.05) is 0 Å². The molecule has 32 heavy (non-hydrogen) atoms. The Hall–Kier alpha value is 0.974. The van der Waals surface area contributed by atoms with Crippen LogP contribution in [0.15, 0.2) is 0 Å². The van der Waals surface area contributed by atoms with Gasteiger partial charge in [0.25, 0.3) is 0 Å². The molecule has 0 aliphatic rings. The molecule has 0 aromatic rings. The zero-order valence-corrected chi connectivity index (χ0v) is 26.5. The van der Waals surface area contributed by atoms with E-state index >= 15 is 0 Å². The van der Waals surface area contributed by atoms with E-state index < -0.39 is 19.0 Å². The fourth-order valence-electron chi connectivity index (χ4n) is 2.94. The van der Waals surface area contributed by atoms with Gasteiger partial charge >= 0.3 is 0 Å². The molecule has 0 rings (SSSR count). The second kappa shape index (κ2) is 25.1. The lowest BCUT2D eigenvalue weighted by Gasteiger charge is -2.25. The molecule has 0 heterocycles. The molecule has 0 spiro atoms. The Morgan fingerprint density at radius 3 is 1.00 bits per heavy atom. The van der Waals surface area contributed by atoms with Gasteiger partial charge in [-0.05, 0) is 38.5 Å². The zero-order chi connectivity index (χ0) is 23.9. The average molecular weight is 527 g/mol. The molecule has 0 saturated carbocycles. The molecule has 0 aliphatic carbocycles. The van der Waals surface area contributed by atoms with Gasteiger partial charge in [-0.15, -0.1) is 0 Å². The third-order valence-corrected chi connectivity index (χ3v) is 16.2. The van der Waals surface area contributed by atoms with Crippen LogP contribution < -0.4 is 0 Å². The van der Waals surface area contributed by atoms with E-state index in [9.17, 15) is 0 Å². The van der Waals surface area contributed by atoms with Crippen LogP contribution in [0.1, 0.15) is 106 Å². The SMILES string of the molecule is CCCCOC(OCCCC)[SiH2]C(CC)SSC(CC)[SiH2]C(OCCCC)OCCCC. The average Bonchev–Trinajstić information content (AvgIpc) is 2.80. The van der Waals surface area contributed by atoms with Gasteiger partial charge in [0.2, 0.25) is 0 Å². The number of ether oxygens (including phenoxy) is 4. The number of rotatable bonds is 25. The fraction of sp³-hybridized carbons (Fsp3) is 1.00. The summed E-state index contributed by atoms with van der Waals surface area (Å²) >= 11 is 0. The largest absolute Gasteiger partial charge is 0.357 e. The zero-order valence-electron chi connectivity index (χ0n) is 22.1. The van der Waals surface area contributed by atoms with Crippen molar-refractivity contribution in [3.63, 3.8) is 0 Å². The highest BCUT2D eigenvalue weighted by Gasteiger charge is 2.22. The summed E-state index contributed by atoms with van der Waals surface area (Å²) < 4.78 is 24.6. The van der Waals surface area contributed by atoms with Crippen LogP contribution in [-0.4, -0.2) is 67.0 Å². The molecular formula is C24H54O4S2Si2. The predicted octanol–water partition coefficient (Wildman–Crippen LogP) is 6.01. The molecule has 0 radical (unpaired) electrons. The van der Waals surface area contributed by atoms with Crippen molar-refractivity contribution in [1.29, 1.82) is 0 Å². The minimum absolute atomic E-state index is 0.0750. The Balaban J connectivity index is 4.65. The molecule has 4 nitrogen and oxygen atoms in total. The third-order valence-electron chi connectivity index (χ3n) is 5.36. The van der Waals surface area contributed by atoms with Crippen LogP contribution in [-0.2, 0) is 18.9 Å². The number of unbranched alkanes of at least 4 members (excludes halogenated alkanes) is 4. The van der Waals surface area contributed by atoms with Gasteiger partial charge in [-0.2, -0.15) is 0 Å². The van der Waals surface area contributed by atoms with E-state index in [0.717, 1.165) is 52.1 Å². The molecular weight excluding hydrogens is 473 g/mol. The van der Waals surface area contributed by atoms with Crippen molar-refractivity contribution in [1.82, 2.24) is 0 Å². The lowest BCUT2D eigenvalue weighted by Crippen LogP contribution is -2.34. The highest BCUT2D eigenvalue weighted by Crippen LogP contribution is 2.34. The third kappa shape index (κ3) is 19.3. The molecule has 194 valence electrons. The first-order valence-electron chi connectivity index (χ1n) is 13.4. The summed E-state index contributed by atoms with van der Waals surface area (Å²) in [6, 6.07) is 0. The Morgan fingerprint density at radius 1 is 0.500 bits per heavy atom. The van der Waals surface area contributed by atoms with Crippen LogP contribution in [0, 0.1) is 0 Å². The highest BCUT2D eigenvalue weighted by atomic mass is 33.1. The van der Waals surface area contributed by atoms with Crippen LogP contribution in [0.4, 0.5) is 0 Å². The molecule has 2 atom stereocenters. The van der Waals surface area contributed by atoms with Gasteiger partial charge in [-0.1, -0.05) is 88.8 Å². The standard InChI is InChI=1S/C24H54O4S2Si2/c1-7-13-17-25-23(26-18-14-8-2)31-21(11-5)29-30-22(12-6)32-24(27-19-15-9-3)28-20-16-10-4/h21-24H,7-20,31-32H2,1-6H3. The molecule has 0 aromatic carbocycles. The molecule has 0 aliphatic heterocycles. The van der Waals surface area contributed by atoms with Crippen LogP contribution >= 0.6 is 21.6 Å². The van der Waals surface area contributed by atoms with Gasteiger partial charge in [0, 0.05) is 36.2 Å². The predicted molar refractivity (Wildman–Crippen MR) is 151 cm³/mol. The Labute approximate surface area is 212 Å². The summed E-state index contributed by atoms with van der Waals surface area (Å²) in [7, 11) is 3.25. The van der Waals surface area contributed by atoms with Crippen molar-refractivity contribution in [3.8, 4) is 0 Å². The first-order chi connectivity index (χ1) is 15.6. The monoisotopic (exact) mass is 526 g/mol. The van der Waals surface area contributed by atoms with Gasteiger partial charge in [-0.25, -0.2) is 0 Å². The first-order valence-corrected chi connectivity index (χ1v) is 19.0. The van der Waals surface area contributed by atoms with Gasteiger partial charge in [0.05, 0.1) is 0 Å². The van der Waals surface area contributed by atoms with Gasteiger partial charge in [-0.3, -0.25) is 0 Å². The van der Waals surface area contributed by atoms with Crippen LogP contribution in [0.3, 0.4) is 0 Å². The van der Waals surface area contributed by atoms with E-state index in [1.54, 1.807) is 0 Å². The maximum atomic E-state index is 6.15. The molecule has 2 unspecified atom stereocenters. The van der Waals surface area contributed by atoms with Crippen LogP contribution in [0.2, 0.25) is 0 Å². The molecule has 8 heteroatoms. The van der Waals surface area contributed by atoms with Crippen LogP contribution in [0.25, 0.3) is 0 Å². The van der Waals surface area contributed by atoms with Crippen molar-refractivity contribution < 1.29 is 18.9 Å². The Morgan fingerprint density at radius 2 is 0.781 bits per heavy atom. The molecule has 0 bridgehead atoms. The summed E-state index contributed by atoms with van der Waals surface area (Å²) in [5.74, 6) is 0.150. The molecule has 0 amide bonds. The fourth-order valence-corrected chi connectivity index (χ4v) is 12.4. The topological polar surface area (TPSA) is 36.9 Å². The van der Waals surface area contributed by atoms with Gasteiger partial charge in [0.1, 0.15) is 30.9 Å². The van der Waals surface area contributed by atoms with Crippen LogP contribution in [0.5, 0.6) is 0 Å². The Bertz CT molecular complexity index is 330. The molecule has 0 N–H and O–H groups in total. The van der Waals surface area contributed by atoms with E-state index in [4.69, 9.17) is 18.9 Å². The molecule has 0 fully saturated rings. The van der Waals surface area contributed by atoms with Crippen molar-refractivity contribution in [2.24, 2.45) is 0 Å². The lowest BCUT2D eigenvalue weighted by atomic mass is 10.4. The van der Waals surface area contributed by atoms with Crippen molar-refractivity contribution in [3.05, 3.63) is 0 Å². The van der Waals surface area contributed by atoms with Crippen molar-refractivity contribution >= 4 is 40.6 Å². The minimum Gasteiger partial charge on any atom is -0.357 e. The van der Waals surface area contributed by atoms with Gasteiger partial charge < -0.3 is 18.9 Å². The van der Waals surface area contributed by atoms with Crippen molar-refractivity contribution in [2.75, 3.05) is 26.4 Å². The van der Waals surface area contributed by atoms with E-state index in [-0.39, 0.29) is 11.8 Å². The summed E-state index contributed by atoms with van der Waals surface area (Å²) in [4.78, 5) is 1.38. The number of hydrogen-bond acceptors (Lipinski definition) is 6. The maximum absolute atomic E-state index is 6.15. The van der Waals surface area contributed by atoms with E-state index in [2.05, 4.69) is 63.1 Å². The summed E-state index contributed by atoms with van der Waals surface area (Å²) in [6.45, 7) is 16.9. The summed E-state index contributed by atoms with van der Waals surface area (Å²) in [5, 5.41) is 0. The summed E-state index contributed by atoms with van der Waals surface area (Å²) in [5.41, 5.74) is 0. The first kappa shape index (κ1) is 33.0. The molecule has 0 aromatic heterocycles. The normalized spacial score (nSPS) is 14.6. The van der Waals surface area contributed by atoms with Gasteiger partial charge in [0.15, 0.2) is 0 Å². The molecule has 0 saturated heterocycles. The Kier molecular flexibility index (Phi) is 25.8. The van der Waals surface area contributed by atoms with E-state index in [1.165, 1.54) is 38.5 Å². The van der Waals surface area contributed by atoms with E-state index in [0.29, 0.717) is 9.75 Å². The summed E-state index contributed by atoms with van der Waals surface area (Å²) in [6.07, 6.45) is 11.6. The van der Waals surface area contributed by atoms with Crippen molar-refractivity contribution in [2.45, 2.75) is 127 Å². The quantitative estimate of drug-likeness (QED) is 0.0627. The maximum Gasteiger partial charge on any atom is 0.136 e. The lowest BCUT2D eigenvalue weighted by molar-refractivity contribution is -0.0924.